The summed E-state index contributed by atoms with van der Waals surface area (Å²) in [5.74, 6) is 0. The second kappa shape index (κ2) is 5.03. The zero-order valence-electron chi connectivity index (χ0n) is 8.80. The molecule has 0 radical (unpaired) electrons. The maximum atomic E-state index is 3.44. The summed E-state index contributed by atoms with van der Waals surface area (Å²) in [6, 6.07) is 9.22. The molecule has 0 saturated heterocycles. The van der Waals surface area contributed by atoms with E-state index in [9.17, 15) is 0 Å². The highest BCUT2D eigenvalue weighted by Gasteiger charge is 2.13. The first-order chi connectivity index (χ1) is 6.38. The van der Waals surface area contributed by atoms with Crippen LogP contribution < -0.4 is 5.32 Å². The zero-order chi connectivity index (χ0) is 9.68. The number of benzene rings is 1. The van der Waals surface area contributed by atoms with Crippen molar-refractivity contribution < 1.29 is 0 Å². The van der Waals surface area contributed by atoms with Crippen LogP contribution in [0.4, 0.5) is 0 Å². The third-order valence-corrected chi connectivity index (χ3v) is 2.37. The van der Waals surface area contributed by atoms with E-state index in [-0.39, 0.29) is 0 Å². The van der Waals surface area contributed by atoms with Crippen molar-refractivity contribution in [3.63, 3.8) is 0 Å². The van der Waals surface area contributed by atoms with Crippen LogP contribution in [0.25, 0.3) is 0 Å². The molecule has 2 rings (SSSR count). The normalized spacial score (nSPS) is 19.8. The second-order valence-corrected chi connectivity index (χ2v) is 3.12. The fourth-order valence-electron chi connectivity index (χ4n) is 1.72. The summed E-state index contributed by atoms with van der Waals surface area (Å²) in [7, 11) is 0. The minimum atomic E-state index is 0.542. The molecule has 0 unspecified atom stereocenters. The molecule has 1 heterocycles. The number of rotatable bonds is 0. The van der Waals surface area contributed by atoms with Crippen molar-refractivity contribution in [3.05, 3.63) is 35.4 Å². The lowest BCUT2D eigenvalue weighted by molar-refractivity contribution is 0.541. The summed E-state index contributed by atoms with van der Waals surface area (Å²) in [6.45, 7) is 7.34. The largest absolute Gasteiger partial charge is 0.310 e. The van der Waals surface area contributed by atoms with E-state index in [1.54, 1.807) is 0 Å². The van der Waals surface area contributed by atoms with Crippen LogP contribution in [0.2, 0.25) is 0 Å². The highest BCUT2D eigenvalue weighted by Crippen LogP contribution is 2.21. The fraction of sp³-hybridized carbons (Fsp3) is 0.500. The molecule has 1 aromatic carbocycles. The molecular weight excluding hydrogens is 158 g/mol. The van der Waals surface area contributed by atoms with E-state index in [2.05, 4.69) is 36.5 Å². The monoisotopic (exact) mass is 177 g/mol. The molecule has 1 aliphatic heterocycles. The van der Waals surface area contributed by atoms with E-state index >= 15 is 0 Å². The van der Waals surface area contributed by atoms with E-state index in [1.807, 2.05) is 13.8 Å². The molecule has 1 nitrogen and oxygen atoms in total. The van der Waals surface area contributed by atoms with E-state index in [0.717, 1.165) is 6.54 Å². The van der Waals surface area contributed by atoms with Crippen LogP contribution in [0.5, 0.6) is 0 Å². The SMILES string of the molecule is CC.C[C@@H]1NCCc2ccccc21. The van der Waals surface area contributed by atoms with Gasteiger partial charge in [0.1, 0.15) is 0 Å². The Hall–Kier alpha value is -0.820. The summed E-state index contributed by atoms with van der Waals surface area (Å²) < 4.78 is 0. The van der Waals surface area contributed by atoms with Crippen LogP contribution in [-0.4, -0.2) is 6.54 Å². The number of hydrogen-bond acceptors (Lipinski definition) is 1. The number of fused-ring (bicyclic) bond motifs is 1. The molecule has 0 fully saturated rings. The van der Waals surface area contributed by atoms with E-state index in [0.29, 0.717) is 6.04 Å². The van der Waals surface area contributed by atoms with Gasteiger partial charge < -0.3 is 5.32 Å². The Morgan fingerprint density at radius 3 is 2.62 bits per heavy atom. The predicted octanol–water partition coefficient (Wildman–Crippen LogP) is 2.92. The zero-order valence-corrected chi connectivity index (χ0v) is 8.80. The molecule has 1 N–H and O–H groups in total. The van der Waals surface area contributed by atoms with Crippen LogP contribution in [0, 0.1) is 0 Å². The highest BCUT2D eigenvalue weighted by molar-refractivity contribution is 5.31. The maximum Gasteiger partial charge on any atom is 0.0294 e. The van der Waals surface area contributed by atoms with Crippen molar-refractivity contribution in [2.24, 2.45) is 0 Å². The van der Waals surface area contributed by atoms with Crippen molar-refractivity contribution in [3.8, 4) is 0 Å². The summed E-state index contributed by atoms with van der Waals surface area (Å²) in [5.41, 5.74) is 2.98. The van der Waals surface area contributed by atoms with Crippen molar-refractivity contribution in [1.82, 2.24) is 5.32 Å². The summed E-state index contributed by atoms with van der Waals surface area (Å²) in [5, 5.41) is 3.44. The second-order valence-electron chi connectivity index (χ2n) is 3.12. The quantitative estimate of drug-likeness (QED) is 0.642. The Kier molecular flexibility index (Phi) is 3.97. The van der Waals surface area contributed by atoms with Crippen LogP contribution in [0.3, 0.4) is 0 Å². The van der Waals surface area contributed by atoms with Gasteiger partial charge in [0.05, 0.1) is 0 Å². The third kappa shape index (κ3) is 2.31. The molecule has 0 aliphatic carbocycles. The molecule has 1 aliphatic rings. The number of hydrogen-bond donors (Lipinski definition) is 1. The summed E-state index contributed by atoms with van der Waals surface area (Å²) >= 11 is 0. The average molecular weight is 177 g/mol. The van der Waals surface area contributed by atoms with Gasteiger partial charge in [0.15, 0.2) is 0 Å². The minimum Gasteiger partial charge on any atom is -0.310 e. The third-order valence-electron chi connectivity index (χ3n) is 2.37. The molecule has 0 bridgehead atoms. The average Bonchev–Trinajstić information content (AvgIpc) is 2.22. The van der Waals surface area contributed by atoms with Gasteiger partial charge in [-0.3, -0.25) is 0 Å². The molecule has 0 aromatic heterocycles. The van der Waals surface area contributed by atoms with Crippen molar-refractivity contribution in [2.75, 3.05) is 6.54 Å². The van der Waals surface area contributed by atoms with Crippen LogP contribution in [0.15, 0.2) is 24.3 Å². The van der Waals surface area contributed by atoms with Gasteiger partial charge in [0, 0.05) is 6.04 Å². The van der Waals surface area contributed by atoms with Gasteiger partial charge in [-0.2, -0.15) is 0 Å². The summed E-state index contributed by atoms with van der Waals surface area (Å²) in [4.78, 5) is 0. The molecule has 0 amide bonds. The van der Waals surface area contributed by atoms with Gasteiger partial charge in [-0.25, -0.2) is 0 Å². The Bertz CT molecular complexity index is 255. The lowest BCUT2D eigenvalue weighted by Crippen LogP contribution is -2.27. The highest BCUT2D eigenvalue weighted by atomic mass is 14.9. The van der Waals surface area contributed by atoms with E-state index < -0.39 is 0 Å². The Balaban J connectivity index is 0.000000396. The number of nitrogens with one attached hydrogen (secondary N) is 1. The maximum absolute atomic E-state index is 3.44. The smallest absolute Gasteiger partial charge is 0.0294 e. The molecule has 1 atom stereocenters. The van der Waals surface area contributed by atoms with Gasteiger partial charge in [0.25, 0.3) is 0 Å². The predicted molar refractivity (Wildman–Crippen MR) is 57.9 cm³/mol. The molecule has 0 saturated carbocycles. The Morgan fingerprint density at radius 1 is 1.23 bits per heavy atom. The summed E-state index contributed by atoms with van der Waals surface area (Å²) in [6.07, 6.45) is 1.18. The Labute approximate surface area is 81.2 Å². The standard InChI is InChI=1S/C10H13N.C2H6/c1-8-10-5-3-2-4-9(10)6-7-11-8;1-2/h2-5,8,11H,6-7H2,1H3;1-2H3/t8-;/m0./s1. The van der Waals surface area contributed by atoms with E-state index in [1.165, 1.54) is 17.5 Å². The Morgan fingerprint density at radius 2 is 1.92 bits per heavy atom. The first-order valence-electron chi connectivity index (χ1n) is 5.19. The van der Waals surface area contributed by atoms with Gasteiger partial charge in [-0.15, -0.1) is 0 Å². The van der Waals surface area contributed by atoms with Gasteiger partial charge >= 0.3 is 0 Å². The lowest BCUT2D eigenvalue weighted by Gasteiger charge is -2.23. The van der Waals surface area contributed by atoms with Crippen molar-refractivity contribution in [2.45, 2.75) is 33.2 Å². The molecule has 1 heteroatoms. The topological polar surface area (TPSA) is 12.0 Å². The van der Waals surface area contributed by atoms with Gasteiger partial charge in [0.2, 0.25) is 0 Å². The molecule has 0 spiro atoms. The van der Waals surface area contributed by atoms with E-state index in [4.69, 9.17) is 0 Å². The molecule has 1 aromatic rings. The fourth-order valence-corrected chi connectivity index (χ4v) is 1.72. The van der Waals surface area contributed by atoms with Crippen LogP contribution in [0.1, 0.15) is 37.9 Å². The first-order valence-corrected chi connectivity index (χ1v) is 5.19. The van der Waals surface area contributed by atoms with Crippen LogP contribution in [-0.2, 0) is 6.42 Å². The van der Waals surface area contributed by atoms with Gasteiger partial charge in [-0.1, -0.05) is 38.1 Å². The lowest BCUT2D eigenvalue weighted by atomic mass is 9.96. The van der Waals surface area contributed by atoms with Gasteiger partial charge in [-0.05, 0) is 31.0 Å². The minimum absolute atomic E-state index is 0.542. The van der Waals surface area contributed by atoms with Crippen molar-refractivity contribution in [1.29, 1.82) is 0 Å². The van der Waals surface area contributed by atoms with Crippen LogP contribution >= 0.6 is 0 Å². The molecule has 13 heavy (non-hydrogen) atoms. The molecular formula is C12H19N. The first kappa shape index (κ1) is 10.3. The molecule has 72 valence electrons. The van der Waals surface area contributed by atoms with Crippen molar-refractivity contribution >= 4 is 0 Å².